The van der Waals surface area contributed by atoms with Crippen LogP contribution in [0.1, 0.15) is 110 Å². The number of alkyl halides is 3. The van der Waals surface area contributed by atoms with Crippen molar-refractivity contribution in [3.63, 3.8) is 0 Å². The summed E-state index contributed by atoms with van der Waals surface area (Å²) < 4.78 is 51.1. The van der Waals surface area contributed by atoms with Crippen molar-refractivity contribution in [1.82, 2.24) is 0 Å². The molecule has 5 rings (SSSR count). The van der Waals surface area contributed by atoms with Gasteiger partial charge in [-0.3, -0.25) is 4.79 Å². The van der Waals surface area contributed by atoms with Crippen LogP contribution in [-0.4, -0.2) is 35.9 Å². The van der Waals surface area contributed by atoms with Gasteiger partial charge in [-0.15, -0.1) is 0 Å². The Morgan fingerprint density at radius 3 is 2.35 bits per heavy atom. The van der Waals surface area contributed by atoms with E-state index in [4.69, 9.17) is 9.47 Å². The monoisotopic (exact) mass is 606 g/mol. The number of halogens is 3. The molecular formula is C36H53F3O4. The van der Waals surface area contributed by atoms with E-state index in [0.717, 1.165) is 49.8 Å². The molecule has 10 atom stereocenters. The van der Waals surface area contributed by atoms with Crippen LogP contribution in [-0.2, 0) is 16.1 Å². The van der Waals surface area contributed by atoms with Crippen molar-refractivity contribution in [2.75, 3.05) is 7.11 Å². The number of methoxy groups -OCH3 is 1. The molecule has 43 heavy (non-hydrogen) atoms. The van der Waals surface area contributed by atoms with Crippen molar-refractivity contribution in [2.24, 2.45) is 46.3 Å². The first-order valence-corrected chi connectivity index (χ1v) is 16.8. The van der Waals surface area contributed by atoms with Gasteiger partial charge >= 0.3 is 6.18 Å². The second-order valence-corrected chi connectivity index (χ2v) is 15.2. The van der Waals surface area contributed by atoms with E-state index in [-0.39, 0.29) is 23.2 Å². The number of benzene rings is 1. The topological polar surface area (TPSA) is 55.8 Å². The van der Waals surface area contributed by atoms with Gasteiger partial charge in [-0.05, 0) is 135 Å². The second kappa shape index (κ2) is 12.3. The molecule has 1 aromatic carbocycles. The number of hydrogen-bond acceptors (Lipinski definition) is 4. The summed E-state index contributed by atoms with van der Waals surface area (Å²) in [6, 6.07) is 7.55. The summed E-state index contributed by atoms with van der Waals surface area (Å²) in [5, 5.41) is 11.1. The van der Waals surface area contributed by atoms with Crippen LogP contribution >= 0.6 is 0 Å². The van der Waals surface area contributed by atoms with E-state index in [1.54, 1.807) is 7.11 Å². The molecule has 0 aliphatic heterocycles. The SMILES string of the molecule is CC[C@@]1(O)CC[C@@]2(C)[C@H](CC[C@@H]3[C@@H]2CC[C@]2(C)[C@@H]([C@H](C)C(CCC(=O)C(F)(F)F)OCc4ccc(OC)cc4)CC[C@@H]32)C1. The number of hydrogen-bond donors (Lipinski definition) is 1. The number of fused-ring (bicyclic) bond motifs is 5. The lowest BCUT2D eigenvalue weighted by molar-refractivity contribution is -0.172. The molecule has 242 valence electrons. The molecule has 0 bridgehead atoms. The first kappa shape index (κ1) is 32.8. The highest BCUT2D eigenvalue weighted by atomic mass is 19.4. The smallest absolute Gasteiger partial charge is 0.449 e. The zero-order chi connectivity index (χ0) is 31.2. The number of carbonyl (C=O) groups is 1. The third kappa shape index (κ3) is 6.28. The quantitative estimate of drug-likeness (QED) is 0.289. The number of aliphatic hydroxyl groups is 1. The summed E-state index contributed by atoms with van der Waals surface area (Å²) in [5.74, 6) is 2.04. The average molecular weight is 607 g/mol. The lowest BCUT2D eigenvalue weighted by Crippen LogP contribution is -2.56. The number of Topliss-reactive ketones (excluding diaryl/α,β-unsaturated/α-hetero) is 1. The van der Waals surface area contributed by atoms with E-state index < -0.39 is 30.1 Å². The van der Waals surface area contributed by atoms with Crippen LogP contribution in [0, 0.1) is 46.3 Å². The molecule has 0 radical (unpaired) electrons. The van der Waals surface area contributed by atoms with Gasteiger partial charge in [0.1, 0.15) is 5.75 Å². The van der Waals surface area contributed by atoms with E-state index in [1.165, 1.54) is 25.7 Å². The molecule has 4 fully saturated rings. The van der Waals surface area contributed by atoms with Crippen LogP contribution in [0.4, 0.5) is 13.2 Å². The second-order valence-electron chi connectivity index (χ2n) is 15.2. The van der Waals surface area contributed by atoms with Gasteiger partial charge in [0.2, 0.25) is 5.78 Å². The Labute approximate surface area is 256 Å². The van der Waals surface area contributed by atoms with E-state index in [2.05, 4.69) is 27.7 Å². The van der Waals surface area contributed by atoms with Gasteiger partial charge in [0.05, 0.1) is 25.4 Å². The van der Waals surface area contributed by atoms with Gasteiger partial charge in [-0.2, -0.15) is 13.2 Å². The van der Waals surface area contributed by atoms with Gasteiger partial charge in [0, 0.05) is 6.42 Å². The fourth-order valence-corrected chi connectivity index (χ4v) is 10.6. The minimum atomic E-state index is -4.81. The highest BCUT2D eigenvalue weighted by molar-refractivity contribution is 5.83. The molecule has 4 saturated carbocycles. The maximum Gasteiger partial charge on any atom is 0.449 e. The zero-order valence-corrected chi connectivity index (χ0v) is 26.8. The first-order chi connectivity index (χ1) is 20.2. The van der Waals surface area contributed by atoms with Crippen LogP contribution in [0.15, 0.2) is 24.3 Å². The third-order valence-electron chi connectivity index (χ3n) is 13.4. The van der Waals surface area contributed by atoms with Crippen LogP contribution < -0.4 is 4.74 Å². The zero-order valence-electron chi connectivity index (χ0n) is 26.8. The summed E-state index contributed by atoms with van der Waals surface area (Å²) >= 11 is 0. The van der Waals surface area contributed by atoms with Crippen LogP contribution in [0.5, 0.6) is 5.75 Å². The minimum Gasteiger partial charge on any atom is -0.497 e. The van der Waals surface area contributed by atoms with Crippen molar-refractivity contribution < 1.29 is 32.5 Å². The highest BCUT2D eigenvalue weighted by Crippen LogP contribution is 2.69. The molecule has 1 aromatic rings. The molecule has 4 aliphatic rings. The van der Waals surface area contributed by atoms with Crippen molar-refractivity contribution >= 4 is 5.78 Å². The summed E-state index contributed by atoms with van der Waals surface area (Å²) in [7, 11) is 1.61. The Morgan fingerprint density at radius 2 is 1.70 bits per heavy atom. The molecule has 1 unspecified atom stereocenters. The van der Waals surface area contributed by atoms with E-state index >= 15 is 0 Å². The molecule has 1 N–H and O–H groups in total. The van der Waals surface area contributed by atoms with Gasteiger partial charge in [-0.25, -0.2) is 0 Å². The Hall–Kier alpha value is -1.60. The minimum absolute atomic E-state index is 0.0481. The molecule has 0 aromatic heterocycles. The van der Waals surface area contributed by atoms with Crippen LogP contribution in [0.2, 0.25) is 0 Å². The van der Waals surface area contributed by atoms with E-state index in [0.29, 0.717) is 36.2 Å². The molecule has 0 saturated heterocycles. The van der Waals surface area contributed by atoms with Crippen molar-refractivity contribution in [3.05, 3.63) is 29.8 Å². The van der Waals surface area contributed by atoms with Crippen molar-refractivity contribution in [3.8, 4) is 5.75 Å². The Morgan fingerprint density at radius 1 is 1.00 bits per heavy atom. The maximum atomic E-state index is 13.2. The van der Waals surface area contributed by atoms with Gasteiger partial charge in [-0.1, -0.05) is 39.8 Å². The average Bonchev–Trinajstić information content (AvgIpc) is 3.34. The first-order valence-electron chi connectivity index (χ1n) is 16.8. The Kier molecular flexibility index (Phi) is 9.38. The maximum absolute atomic E-state index is 13.2. The van der Waals surface area contributed by atoms with Crippen LogP contribution in [0.25, 0.3) is 0 Å². The third-order valence-corrected chi connectivity index (χ3v) is 13.4. The summed E-state index contributed by atoms with van der Waals surface area (Å²) in [6.07, 6.45) is 5.09. The van der Waals surface area contributed by atoms with Crippen molar-refractivity contribution in [2.45, 2.75) is 129 Å². The lowest BCUT2D eigenvalue weighted by Gasteiger charge is -2.62. The summed E-state index contributed by atoms with van der Waals surface area (Å²) in [4.78, 5) is 11.9. The van der Waals surface area contributed by atoms with E-state index in [1.807, 2.05) is 24.3 Å². The Balaban J connectivity index is 1.31. The number of ketones is 1. The van der Waals surface area contributed by atoms with Crippen molar-refractivity contribution in [1.29, 1.82) is 0 Å². The Bertz CT molecular complexity index is 1120. The number of rotatable bonds is 10. The fraction of sp³-hybridized carbons (Fsp3) is 0.806. The molecule has 0 spiro atoms. The highest BCUT2D eigenvalue weighted by Gasteiger charge is 2.62. The van der Waals surface area contributed by atoms with E-state index in [9.17, 15) is 23.1 Å². The molecule has 4 aliphatic carbocycles. The summed E-state index contributed by atoms with van der Waals surface area (Å²) in [5.41, 5.74) is 0.849. The molecule has 4 nitrogen and oxygen atoms in total. The lowest BCUT2D eigenvalue weighted by atomic mass is 9.43. The normalized spacial score (nSPS) is 38.9. The number of carbonyl (C=O) groups excluding carboxylic acids is 1. The number of ether oxygens (including phenoxy) is 2. The largest absolute Gasteiger partial charge is 0.497 e. The van der Waals surface area contributed by atoms with Crippen LogP contribution in [0.3, 0.4) is 0 Å². The predicted octanol–water partition coefficient (Wildman–Crippen LogP) is 8.93. The van der Waals surface area contributed by atoms with Gasteiger partial charge in [0.15, 0.2) is 0 Å². The summed E-state index contributed by atoms with van der Waals surface area (Å²) in [6.45, 7) is 9.54. The predicted molar refractivity (Wildman–Crippen MR) is 161 cm³/mol. The standard InChI is InChI=1S/C36H53F3O4/c1-6-35(41)20-19-33(3)25(21-35)9-12-27-29-14-13-28(34(29,4)18-17-30(27)33)23(2)31(15-16-32(40)36(37,38)39)43-22-24-7-10-26(42-5)11-8-24/h7-8,10-11,23,25,27-31,41H,6,9,12-22H2,1-5H3/t23-,25+,27-,28+,29-,30-,31?,33-,34+,35+/m0/s1. The molecule has 7 heteroatoms. The molecular weight excluding hydrogens is 553 g/mol. The molecule has 0 amide bonds. The fourth-order valence-electron chi connectivity index (χ4n) is 10.6. The molecule has 0 heterocycles. The van der Waals surface area contributed by atoms with Gasteiger partial charge in [0.25, 0.3) is 0 Å². The van der Waals surface area contributed by atoms with Gasteiger partial charge < -0.3 is 14.6 Å².